The molecule has 0 saturated heterocycles. The molecule has 1 N–H and O–H groups in total. The fourth-order valence-corrected chi connectivity index (χ4v) is 0.559. The third-order valence-electron chi connectivity index (χ3n) is 1.02. The fourth-order valence-electron chi connectivity index (χ4n) is 0.559. The summed E-state index contributed by atoms with van der Waals surface area (Å²) in [4.78, 5) is 0. The standard InChI is InChI=1S/C7H6O2/c1-5-2-3-6(8)7(9)4-5/h2-4,8H,1H2. The second-order valence-electron chi connectivity index (χ2n) is 1.80. The average Bonchev–Trinajstić information content (AvgIpc) is 1.80. The molecule has 46 valence electrons. The number of hydrogen-bond donors (Lipinski definition) is 1. The third-order valence-corrected chi connectivity index (χ3v) is 1.02. The molecule has 0 amide bonds. The third kappa shape index (κ3) is 1.13. The molecule has 0 aliphatic carbocycles. The summed E-state index contributed by atoms with van der Waals surface area (Å²) in [7, 11) is 0. The van der Waals surface area contributed by atoms with Crippen LogP contribution in [0.4, 0.5) is 0 Å². The summed E-state index contributed by atoms with van der Waals surface area (Å²) in [6, 6.07) is 4.21. The SMILES string of the molecule is [CH2]c1ccc(O)c([O])c1. The van der Waals surface area contributed by atoms with E-state index in [-0.39, 0.29) is 11.5 Å². The summed E-state index contributed by atoms with van der Waals surface area (Å²) in [6.07, 6.45) is 0. The van der Waals surface area contributed by atoms with E-state index >= 15 is 0 Å². The predicted molar refractivity (Wildman–Crippen MR) is 32.7 cm³/mol. The van der Waals surface area contributed by atoms with Crippen LogP contribution in [0.3, 0.4) is 0 Å². The largest absolute Gasteiger partial charge is 0.504 e. The van der Waals surface area contributed by atoms with Crippen LogP contribution in [0.2, 0.25) is 0 Å². The van der Waals surface area contributed by atoms with Gasteiger partial charge in [-0.2, -0.15) is 0 Å². The summed E-state index contributed by atoms with van der Waals surface area (Å²) < 4.78 is 0. The van der Waals surface area contributed by atoms with Crippen LogP contribution in [0, 0.1) is 6.92 Å². The quantitative estimate of drug-likeness (QED) is 0.559. The van der Waals surface area contributed by atoms with E-state index < -0.39 is 0 Å². The van der Waals surface area contributed by atoms with Gasteiger partial charge in [-0.15, -0.1) is 0 Å². The van der Waals surface area contributed by atoms with E-state index in [1.807, 2.05) is 0 Å². The molecule has 0 fully saturated rings. The maximum atomic E-state index is 10.5. The maximum absolute atomic E-state index is 10.5. The maximum Gasteiger partial charge on any atom is 0.220 e. The first-order valence-electron chi connectivity index (χ1n) is 2.52. The van der Waals surface area contributed by atoms with Crippen molar-refractivity contribution >= 4 is 0 Å². The van der Waals surface area contributed by atoms with Crippen molar-refractivity contribution < 1.29 is 10.2 Å². The summed E-state index contributed by atoms with van der Waals surface area (Å²) in [5.74, 6) is -0.593. The Balaban J connectivity index is 3.17. The first kappa shape index (κ1) is 5.95. The zero-order valence-electron chi connectivity index (χ0n) is 4.79. The van der Waals surface area contributed by atoms with E-state index in [4.69, 9.17) is 5.11 Å². The van der Waals surface area contributed by atoms with Gasteiger partial charge in [-0.05, 0) is 24.6 Å². The Morgan fingerprint density at radius 3 is 2.56 bits per heavy atom. The molecule has 9 heavy (non-hydrogen) atoms. The number of aromatic hydroxyl groups is 1. The second kappa shape index (κ2) is 1.97. The molecule has 0 aromatic heterocycles. The fraction of sp³-hybridized carbons (Fsp3) is 0. The molecule has 2 radical (unpaired) electrons. The summed E-state index contributed by atoms with van der Waals surface area (Å²) in [6.45, 7) is 3.51. The van der Waals surface area contributed by atoms with E-state index in [0.717, 1.165) is 0 Å². The van der Waals surface area contributed by atoms with Crippen LogP contribution in [-0.4, -0.2) is 5.11 Å². The Morgan fingerprint density at radius 2 is 2.11 bits per heavy atom. The van der Waals surface area contributed by atoms with Crippen molar-refractivity contribution in [2.24, 2.45) is 0 Å². The molecule has 1 rings (SSSR count). The minimum absolute atomic E-state index is 0.220. The van der Waals surface area contributed by atoms with Crippen LogP contribution in [0.5, 0.6) is 11.5 Å². The molecule has 0 saturated carbocycles. The number of rotatable bonds is 0. The molecule has 0 heterocycles. The molecule has 0 unspecified atom stereocenters. The molecule has 0 spiro atoms. The number of phenolic OH excluding ortho intramolecular Hbond substituents is 1. The first-order valence-corrected chi connectivity index (χ1v) is 2.52. The monoisotopic (exact) mass is 122 g/mol. The van der Waals surface area contributed by atoms with Crippen LogP contribution in [0.25, 0.3) is 0 Å². The molecular formula is C7H6O2. The minimum atomic E-state index is -0.373. The number of benzene rings is 1. The lowest BCUT2D eigenvalue weighted by Crippen LogP contribution is -1.69. The van der Waals surface area contributed by atoms with Crippen molar-refractivity contribution in [1.29, 1.82) is 0 Å². The van der Waals surface area contributed by atoms with Gasteiger partial charge in [0.25, 0.3) is 0 Å². The Bertz CT molecular complexity index is 218. The van der Waals surface area contributed by atoms with Gasteiger partial charge in [0, 0.05) is 0 Å². The van der Waals surface area contributed by atoms with Gasteiger partial charge in [-0.1, -0.05) is 6.07 Å². The van der Waals surface area contributed by atoms with E-state index in [1.165, 1.54) is 12.1 Å². The van der Waals surface area contributed by atoms with Crippen LogP contribution < -0.4 is 0 Å². The van der Waals surface area contributed by atoms with Gasteiger partial charge in [0.05, 0.1) is 0 Å². The van der Waals surface area contributed by atoms with Crippen molar-refractivity contribution in [3.63, 3.8) is 0 Å². The molecule has 2 nitrogen and oxygen atoms in total. The smallest absolute Gasteiger partial charge is 0.220 e. The number of phenols is 1. The Hall–Kier alpha value is -1.18. The van der Waals surface area contributed by atoms with Crippen molar-refractivity contribution in [2.45, 2.75) is 0 Å². The van der Waals surface area contributed by atoms with Crippen molar-refractivity contribution in [1.82, 2.24) is 0 Å². The number of hydrogen-bond acceptors (Lipinski definition) is 1. The van der Waals surface area contributed by atoms with E-state index in [1.54, 1.807) is 6.07 Å². The van der Waals surface area contributed by atoms with E-state index in [9.17, 15) is 5.11 Å². The van der Waals surface area contributed by atoms with Gasteiger partial charge in [0.1, 0.15) is 0 Å². The van der Waals surface area contributed by atoms with Gasteiger partial charge in [0.15, 0.2) is 5.75 Å². The van der Waals surface area contributed by atoms with Crippen molar-refractivity contribution in [2.75, 3.05) is 0 Å². The van der Waals surface area contributed by atoms with Gasteiger partial charge in [0.2, 0.25) is 5.75 Å². The zero-order valence-corrected chi connectivity index (χ0v) is 4.79. The molecule has 1 aromatic carbocycles. The van der Waals surface area contributed by atoms with Gasteiger partial charge in [-0.3, -0.25) is 5.11 Å². The molecule has 2 heteroatoms. The highest BCUT2D eigenvalue weighted by Crippen LogP contribution is 2.24. The van der Waals surface area contributed by atoms with Crippen molar-refractivity contribution in [3.8, 4) is 11.5 Å². The lowest BCUT2D eigenvalue weighted by atomic mass is 10.2. The lowest BCUT2D eigenvalue weighted by molar-refractivity contribution is 0.324. The second-order valence-corrected chi connectivity index (χ2v) is 1.80. The highest BCUT2D eigenvalue weighted by Gasteiger charge is 1.97. The van der Waals surface area contributed by atoms with Crippen LogP contribution >= 0.6 is 0 Å². The highest BCUT2D eigenvalue weighted by atomic mass is 16.3. The molecule has 0 bridgehead atoms. The zero-order chi connectivity index (χ0) is 6.85. The predicted octanol–water partition coefficient (Wildman–Crippen LogP) is 1.72. The molecule has 0 aliphatic heterocycles. The van der Waals surface area contributed by atoms with Crippen LogP contribution in [0.1, 0.15) is 5.56 Å². The lowest BCUT2D eigenvalue weighted by Gasteiger charge is -1.92. The summed E-state index contributed by atoms with van der Waals surface area (Å²) in [5, 5.41) is 19.3. The summed E-state index contributed by atoms with van der Waals surface area (Å²) >= 11 is 0. The van der Waals surface area contributed by atoms with Crippen LogP contribution in [0.15, 0.2) is 18.2 Å². The molecular weight excluding hydrogens is 116 g/mol. The Morgan fingerprint density at radius 1 is 1.44 bits per heavy atom. The highest BCUT2D eigenvalue weighted by molar-refractivity contribution is 5.40. The first-order chi connectivity index (χ1) is 4.20. The minimum Gasteiger partial charge on any atom is -0.504 e. The van der Waals surface area contributed by atoms with E-state index in [2.05, 4.69) is 6.92 Å². The van der Waals surface area contributed by atoms with Gasteiger partial charge < -0.3 is 5.11 Å². The van der Waals surface area contributed by atoms with E-state index in [0.29, 0.717) is 5.56 Å². The Labute approximate surface area is 53.4 Å². The molecule has 0 aliphatic rings. The Kier molecular flexibility index (Phi) is 1.30. The van der Waals surface area contributed by atoms with Gasteiger partial charge in [-0.25, -0.2) is 0 Å². The normalized spacial score (nSPS) is 9.44. The molecule has 1 aromatic rings. The topological polar surface area (TPSA) is 40.1 Å². The van der Waals surface area contributed by atoms with Crippen LogP contribution in [-0.2, 0) is 5.11 Å². The van der Waals surface area contributed by atoms with Gasteiger partial charge >= 0.3 is 0 Å². The van der Waals surface area contributed by atoms with Crippen molar-refractivity contribution in [3.05, 3.63) is 30.7 Å². The average molecular weight is 122 g/mol. The molecule has 0 atom stereocenters. The summed E-state index contributed by atoms with van der Waals surface area (Å²) in [5.41, 5.74) is 0.623.